The van der Waals surface area contributed by atoms with Gasteiger partial charge in [-0.1, -0.05) is 30.3 Å². The van der Waals surface area contributed by atoms with Crippen LogP contribution in [0.25, 0.3) is 10.9 Å². The van der Waals surface area contributed by atoms with Crippen LogP contribution in [0.3, 0.4) is 0 Å². The van der Waals surface area contributed by atoms with Gasteiger partial charge in [0.1, 0.15) is 0 Å². The molecule has 2 aromatic carbocycles. The van der Waals surface area contributed by atoms with E-state index < -0.39 is 0 Å². The largest absolute Gasteiger partial charge is 0.365 e. The van der Waals surface area contributed by atoms with Crippen molar-refractivity contribution in [1.29, 1.82) is 0 Å². The highest BCUT2D eigenvalue weighted by Crippen LogP contribution is 2.10. The fraction of sp³-hybridized carbons (Fsp3) is 0.167. The van der Waals surface area contributed by atoms with E-state index in [1.165, 1.54) is 10.9 Å². The molecule has 3 rings (SSSR count). The lowest BCUT2D eigenvalue weighted by Gasteiger charge is -2.18. The van der Waals surface area contributed by atoms with Gasteiger partial charge in [-0.3, -0.25) is 14.2 Å². The summed E-state index contributed by atoms with van der Waals surface area (Å²) >= 11 is 0. The average Bonchev–Trinajstić information content (AvgIpc) is 2.62. The van der Waals surface area contributed by atoms with Gasteiger partial charge in [-0.05, 0) is 24.3 Å². The van der Waals surface area contributed by atoms with Crippen molar-refractivity contribution in [3.63, 3.8) is 0 Å². The van der Waals surface area contributed by atoms with Gasteiger partial charge in [0.2, 0.25) is 5.91 Å². The maximum Gasteiger partial charge on any atom is 0.262 e. The SMILES string of the molecule is CN(CC(=O)NCn1cnc2ccccc2c1=O)c1ccccc1. The third-order valence-corrected chi connectivity index (χ3v) is 3.76. The lowest BCUT2D eigenvalue weighted by Crippen LogP contribution is -2.38. The Kier molecular flexibility index (Phi) is 4.56. The number of amides is 1. The molecule has 6 nitrogen and oxygen atoms in total. The van der Waals surface area contributed by atoms with Crippen molar-refractivity contribution < 1.29 is 4.79 Å². The van der Waals surface area contributed by atoms with E-state index in [0.29, 0.717) is 10.9 Å². The van der Waals surface area contributed by atoms with Gasteiger partial charge in [-0.2, -0.15) is 0 Å². The number of likely N-dealkylation sites (N-methyl/N-ethyl adjacent to an activating group) is 1. The van der Waals surface area contributed by atoms with E-state index in [2.05, 4.69) is 10.3 Å². The maximum atomic E-state index is 12.3. The first kappa shape index (κ1) is 15.7. The number of aromatic nitrogens is 2. The zero-order valence-electron chi connectivity index (χ0n) is 13.3. The second kappa shape index (κ2) is 6.95. The first-order chi connectivity index (χ1) is 11.6. The molecule has 0 saturated carbocycles. The topological polar surface area (TPSA) is 67.2 Å². The number of hydrogen-bond donors (Lipinski definition) is 1. The number of nitrogens with zero attached hydrogens (tertiary/aromatic N) is 3. The van der Waals surface area contributed by atoms with E-state index in [0.717, 1.165) is 5.69 Å². The number of para-hydroxylation sites is 2. The molecule has 0 unspecified atom stereocenters. The summed E-state index contributed by atoms with van der Waals surface area (Å²) in [4.78, 5) is 30.5. The van der Waals surface area contributed by atoms with E-state index in [-0.39, 0.29) is 24.7 Å². The summed E-state index contributed by atoms with van der Waals surface area (Å²) < 4.78 is 1.39. The molecule has 0 aliphatic rings. The predicted molar refractivity (Wildman–Crippen MR) is 93.9 cm³/mol. The molecule has 0 spiro atoms. The molecule has 0 atom stereocenters. The number of hydrogen-bond acceptors (Lipinski definition) is 4. The molecule has 0 bridgehead atoms. The van der Waals surface area contributed by atoms with Crippen molar-refractivity contribution in [2.45, 2.75) is 6.67 Å². The fourth-order valence-corrected chi connectivity index (χ4v) is 2.44. The van der Waals surface area contributed by atoms with Crippen LogP contribution in [0.15, 0.2) is 65.7 Å². The van der Waals surface area contributed by atoms with Crippen molar-refractivity contribution in [1.82, 2.24) is 14.9 Å². The highest BCUT2D eigenvalue weighted by Gasteiger charge is 2.08. The molecule has 0 aliphatic heterocycles. The van der Waals surface area contributed by atoms with E-state index in [9.17, 15) is 9.59 Å². The number of benzene rings is 2. The molecule has 1 aromatic heterocycles. The number of carbonyl (C=O) groups is 1. The zero-order chi connectivity index (χ0) is 16.9. The first-order valence-corrected chi connectivity index (χ1v) is 7.62. The van der Waals surface area contributed by atoms with Gasteiger partial charge < -0.3 is 10.2 Å². The highest BCUT2D eigenvalue weighted by atomic mass is 16.2. The summed E-state index contributed by atoms with van der Waals surface area (Å²) in [6, 6.07) is 16.8. The molecule has 0 aliphatic carbocycles. The fourth-order valence-electron chi connectivity index (χ4n) is 2.44. The van der Waals surface area contributed by atoms with Crippen LogP contribution in [-0.4, -0.2) is 29.1 Å². The summed E-state index contributed by atoms with van der Waals surface area (Å²) in [5.74, 6) is -0.165. The van der Waals surface area contributed by atoms with Gasteiger partial charge in [-0.25, -0.2) is 4.98 Å². The monoisotopic (exact) mass is 322 g/mol. The van der Waals surface area contributed by atoms with Crippen LogP contribution in [0.2, 0.25) is 0 Å². The summed E-state index contributed by atoms with van der Waals surface area (Å²) in [5.41, 5.74) is 1.43. The number of anilines is 1. The molecule has 0 radical (unpaired) electrons. The van der Waals surface area contributed by atoms with Crippen LogP contribution >= 0.6 is 0 Å². The van der Waals surface area contributed by atoms with Gasteiger partial charge in [0, 0.05) is 12.7 Å². The molecule has 1 heterocycles. The number of rotatable bonds is 5. The summed E-state index contributed by atoms with van der Waals surface area (Å²) in [5, 5.41) is 3.29. The normalized spacial score (nSPS) is 10.5. The van der Waals surface area contributed by atoms with Crippen LogP contribution in [0, 0.1) is 0 Å². The minimum atomic E-state index is -0.169. The second-order valence-corrected chi connectivity index (χ2v) is 5.49. The van der Waals surface area contributed by atoms with Crippen molar-refractivity contribution in [3.8, 4) is 0 Å². The smallest absolute Gasteiger partial charge is 0.262 e. The van der Waals surface area contributed by atoms with Gasteiger partial charge in [0.15, 0.2) is 0 Å². The van der Waals surface area contributed by atoms with Gasteiger partial charge >= 0.3 is 0 Å². The zero-order valence-corrected chi connectivity index (χ0v) is 13.3. The van der Waals surface area contributed by atoms with Crippen LogP contribution in [0.4, 0.5) is 5.69 Å². The Hall–Kier alpha value is -3.15. The number of nitrogens with one attached hydrogen (secondary N) is 1. The van der Waals surface area contributed by atoms with Gasteiger partial charge in [0.05, 0.1) is 30.4 Å². The highest BCUT2D eigenvalue weighted by molar-refractivity contribution is 5.81. The van der Waals surface area contributed by atoms with Crippen molar-refractivity contribution in [3.05, 3.63) is 71.3 Å². The van der Waals surface area contributed by atoms with Crippen molar-refractivity contribution in [2.75, 3.05) is 18.5 Å². The Morgan fingerprint density at radius 2 is 1.83 bits per heavy atom. The number of fused-ring (bicyclic) bond motifs is 1. The van der Waals surface area contributed by atoms with Crippen molar-refractivity contribution >= 4 is 22.5 Å². The second-order valence-electron chi connectivity index (χ2n) is 5.49. The van der Waals surface area contributed by atoms with E-state index in [1.807, 2.05) is 48.3 Å². The van der Waals surface area contributed by atoms with Crippen LogP contribution in [-0.2, 0) is 11.5 Å². The predicted octanol–water partition coefficient (Wildman–Crippen LogP) is 1.61. The molecule has 6 heteroatoms. The summed E-state index contributed by atoms with van der Waals surface area (Å²) in [6.07, 6.45) is 1.45. The Morgan fingerprint density at radius 3 is 2.62 bits per heavy atom. The van der Waals surface area contributed by atoms with E-state index >= 15 is 0 Å². The lowest BCUT2D eigenvalue weighted by molar-refractivity contribution is -0.120. The molecule has 1 amide bonds. The van der Waals surface area contributed by atoms with E-state index in [1.54, 1.807) is 18.2 Å². The van der Waals surface area contributed by atoms with Crippen LogP contribution in [0.5, 0.6) is 0 Å². The third-order valence-electron chi connectivity index (χ3n) is 3.76. The van der Waals surface area contributed by atoms with E-state index in [4.69, 9.17) is 0 Å². The molecule has 0 fully saturated rings. The van der Waals surface area contributed by atoms with Crippen molar-refractivity contribution in [2.24, 2.45) is 0 Å². The summed E-state index contributed by atoms with van der Waals surface area (Å²) in [6.45, 7) is 0.303. The van der Waals surface area contributed by atoms with Crippen LogP contribution in [0.1, 0.15) is 0 Å². The molecular weight excluding hydrogens is 304 g/mol. The third kappa shape index (κ3) is 3.43. The van der Waals surface area contributed by atoms with Gasteiger partial charge in [0.25, 0.3) is 5.56 Å². The number of carbonyl (C=O) groups excluding carboxylic acids is 1. The minimum absolute atomic E-state index is 0.0954. The maximum absolute atomic E-state index is 12.3. The molecule has 1 N–H and O–H groups in total. The Bertz CT molecular complexity index is 906. The molecule has 122 valence electrons. The Balaban J connectivity index is 1.64. The average molecular weight is 322 g/mol. The molecule has 24 heavy (non-hydrogen) atoms. The Labute approximate surface area is 139 Å². The Morgan fingerprint density at radius 1 is 1.12 bits per heavy atom. The minimum Gasteiger partial charge on any atom is -0.365 e. The first-order valence-electron chi connectivity index (χ1n) is 7.62. The van der Waals surface area contributed by atoms with Gasteiger partial charge in [-0.15, -0.1) is 0 Å². The summed E-state index contributed by atoms with van der Waals surface area (Å²) in [7, 11) is 1.85. The molecule has 3 aromatic rings. The molecule has 0 saturated heterocycles. The lowest BCUT2D eigenvalue weighted by atomic mass is 10.2. The quantitative estimate of drug-likeness (QED) is 0.775. The molecular formula is C18H18N4O2. The standard InChI is InChI=1S/C18H18N4O2/c1-21(14-7-3-2-4-8-14)11-17(23)20-13-22-12-19-16-10-6-5-9-15(16)18(22)24/h2-10,12H,11,13H2,1H3,(H,20,23). The van der Waals surface area contributed by atoms with Crippen LogP contribution < -0.4 is 15.8 Å².